The van der Waals surface area contributed by atoms with Crippen molar-refractivity contribution in [3.8, 4) is 5.75 Å². The molecule has 1 aromatic carbocycles. The lowest BCUT2D eigenvalue weighted by atomic mass is 9.66. The number of fused-ring (bicyclic) bond motifs is 1. The first kappa shape index (κ1) is 30.2. The Bertz CT molecular complexity index is 1160. The van der Waals surface area contributed by atoms with Crippen LogP contribution in [0.3, 0.4) is 0 Å². The number of benzene rings is 1. The number of aliphatic hydroxyl groups is 1. The van der Waals surface area contributed by atoms with Crippen LogP contribution in [-0.4, -0.2) is 86.6 Å². The highest BCUT2D eigenvalue weighted by molar-refractivity contribution is 8.02. The molecule has 0 aromatic heterocycles. The van der Waals surface area contributed by atoms with E-state index in [4.69, 9.17) is 4.74 Å². The Hall–Kier alpha value is -2.78. The van der Waals surface area contributed by atoms with Crippen molar-refractivity contribution in [1.82, 2.24) is 9.80 Å². The number of likely N-dealkylation sites (tertiary alicyclic amines) is 1. The summed E-state index contributed by atoms with van der Waals surface area (Å²) in [5, 5.41) is 9.93. The van der Waals surface area contributed by atoms with Crippen LogP contribution in [0.4, 0.5) is 5.69 Å². The second-order valence-electron chi connectivity index (χ2n) is 12.1. The number of β-amino-alcohol motifs (C(OH)–C–C–N with tert-alkyl or cyclic N) is 1. The van der Waals surface area contributed by atoms with Crippen LogP contribution in [0.5, 0.6) is 5.75 Å². The third-order valence-corrected chi connectivity index (χ3v) is 10.5. The lowest BCUT2D eigenvalue weighted by Gasteiger charge is -2.42. The van der Waals surface area contributed by atoms with Gasteiger partial charge in [-0.3, -0.25) is 14.4 Å². The van der Waals surface area contributed by atoms with Gasteiger partial charge >= 0.3 is 0 Å². The molecule has 3 saturated heterocycles. The number of aliphatic hydroxyl groups excluding tert-OH is 1. The van der Waals surface area contributed by atoms with Gasteiger partial charge in [-0.15, -0.1) is 24.9 Å². The molecule has 2 bridgehead atoms. The van der Waals surface area contributed by atoms with E-state index in [9.17, 15) is 19.5 Å². The first-order valence-electron chi connectivity index (χ1n) is 14.1. The molecule has 3 amide bonds. The van der Waals surface area contributed by atoms with Gasteiger partial charge in [0.2, 0.25) is 17.7 Å². The first-order chi connectivity index (χ1) is 18.9. The third-order valence-electron chi connectivity index (χ3n) is 8.54. The van der Waals surface area contributed by atoms with Gasteiger partial charge in [-0.25, -0.2) is 0 Å². The minimum absolute atomic E-state index is 0.0486. The zero-order valence-corrected chi connectivity index (χ0v) is 25.2. The van der Waals surface area contributed by atoms with Crippen molar-refractivity contribution in [3.05, 3.63) is 49.6 Å². The maximum Gasteiger partial charge on any atom is 0.247 e. The van der Waals surface area contributed by atoms with Crippen molar-refractivity contribution in [2.45, 2.75) is 68.5 Å². The predicted molar refractivity (Wildman–Crippen MR) is 159 cm³/mol. The molecule has 3 aliphatic heterocycles. The largest absolute Gasteiger partial charge is 0.494 e. The number of amides is 3. The van der Waals surface area contributed by atoms with Crippen LogP contribution in [0.15, 0.2) is 49.6 Å². The summed E-state index contributed by atoms with van der Waals surface area (Å²) in [5.74, 6) is -1.09. The van der Waals surface area contributed by atoms with Gasteiger partial charge in [-0.2, -0.15) is 0 Å². The van der Waals surface area contributed by atoms with E-state index in [1.54, 1.807) is 38.6 Å². The van der Waals surface area contributed by atoms with Gasteiger partial charge in [0, 0.05) is 35.6 Å². The Morgan fingerprint density at radius 3 is 2.35 bits per heavy atom. The van der Waals surface area contributed by atoms with E-state index in [2.05, 4.69) is 20.1 Å². The molecule has 9 heteroatoms. The predicted octanol–water partition coefficient (Wildman–Crippen LogP) is 3.89. The summed E-state index contributed by atoms with van der Waals surface area (Å²) in [5.41, 5.74) is 0.205. The van der Waals surface area contributed by atoms with Crippen LogP contribution in [-0.2, 0) is 14.4 Å². The maximum absolute atomic E-state index is 14.5. The average Bonchev–Trinajstić information content (AvgIpc) is 3.46. The summed E-state index contributed by atoms with van der Waals surface area (Å²) >= 11 is 1.63. The molecule has 3 fully saturated rings. The van der Waals surface area contributed by atoms with Crippen molar-refractivity contribution in [2.75, 3.05) is 37.7 Å². The smallest absolute Gasteiger partial charge is 0.247 e. The van der Waals surface area contributed by atoms with Gasteiger partial charge in [-0.05, 0) is 71.7 Å². The first-order valence-corrected chi connectivity index (χ1v) is 14.9. The third kappa shape index (κ3) is 4.85. The fraction of sp³-hybridized carbons (Fsp3) is 0.581. The molecule has 5 atom stereocenters. The van der Waals surface area contributed by atoms with Crippen LogP contribution in [0.1, 0.15) is 47.5 Å². The Labute approximate surface area is 242 Å². The Morgan fingerprint density at radius 1 is 1.15 bits per heavy atom. The van der Waals surface area contributed by atoms with Gasteiger partial charge in [0.15, 0.2) is 0 Å². The SMILES string of the molecule is C=CCN(C(=O)[C@@H]1[C@H]2C(=O)N(CCO)C(C(=O)N(CC=C)C(C)(C)C)C23CC[C@@]1(C)S3)c1ccc(OCC)cc1. The molecule has 1 aromatic rings. The molecular weight excluding hydrogens is 526 g/mol. The summed E-state index contributed by atoms with van der Waals surface area (Å²) in [6, 6.07) is 6.60. The summed E-state index contributed by atoms with van der Waals surface area (Å²) in [6.45, 7) is 18.6. The molecule has 0 radical (unpaired) electrons. The molecule has 3 heterocycles. The van der Waals surface area contributed by atoms with Gasteiger partial charge in [0.05, 0.1) is 29.8 Å². The highest BCUT2D eigenvalue weighted by Gasteiger charge is 2.77. The molecule has 3 aliphatic rings. The minimum Gasteiger partial charge on any atom is -0.494 e. The highest BCUT2D eigenvalue weighted by atomic mass is 32.2. The fourth-order valence-electron chi connectivity index (χ4n) is 6.91. The average molecular weight is 570 g/mol. The maximum atomic E-state index is 14.5. The number of anilines is 1. The van der Waals surface area contributed by atoms with E-state index >= 15 is 0 Å². The summed E-state index contributed by atoms with van der Waals surface area (Å²) in [7, 11) is 0. The number of thioether (sulfide) groups is 1. The topological polar surface area (TPSA) is 90.4 Å². The van der Waals surface area contributed by atoms with E-state index < -0.39 is 32.9 Å². The summed E-state index contributed by atoms with van der Waals surface area (Å²) < 4.78 is 4.33. The monoisotopic (exact) mass is 569 g/mol. The number of carbonyl (C=O) groups is 3. The number of ether oxygens (including phenoxy) is 1. The summed E-state index contributed by atoms with van der Waals surface area (Å²) in [6.07, 6.45) is 4.76. The lowest BCUT2D eigenvalue weighted by Crippen LogP contribution is -2.59. The normalized spacial score (nSPS) is 28.8. The van der Waals surface area contributed by atoms with Crippen molar-refractivity contribution in [3.63, 3.8) is 0 Å². The highest BCUT2D eigenvalue weighted by Crippen LogP contribution is 2.71. The molecule has 0 aliphatic carbocycles. The Morgan fingerprint density at radius 2 is 1.80 bits per heavy atom. The minimum atomic E-state index is -0.765. The van der Waals surface area contributed by atoms with Gasteiger partial charge < -0.3 is 24.5 Å². The quantitative estimate of drug-likeness (QED) is 0.407. The van der Waals surface area contributed by atoms with E-state index in [0.29, 0.717) is 31.0 Å². The van der Waals surface area contributed by atoms with Crippen LogP contribution >= 0.6 is 11.8 Å². The number of rotatable bonds is 11. The standard InChI is InChI=1S/C31H43N3O5S/c1-8-17-32(21-11-13-22(14-12-21)39-10-3)26(36)23-24-27(37)33(19-20-35)25(31(24)16-15-30(23,7)40-31)28(38)34(18-9-2)29(4,5)6/h8-9,11-14,23-25,35H,1-2,10,15-20H2,3-7H3/t23-,24-,25?,30+,31?/m0/s1. The Balaban J connectivity index is 1.77. The molecule has 1 spiro atoms. The van der Waals surface area contributed by atoms with Crippen molar-refractivity contribution in [1.29, 1.82) is 0 Å². The molecule has 1 N–H and O–H groups in total. The summed E-state index contributed by atoms with van der Waals surface area (Å²) in [4.78, 5) is 48.0. The molecule has 8 nitrogen and oxygen atoms in total. The van der Waals surface area contributed by atoms with Crippen LogP contribution in [0.2, 0.25) is 0 Å². The number of carbonyl (C=O) groups excluding carboxylic acids is 3. The zero-order chi connectivity index (χ0) is 29.5. The molecule has 0 saturated carbocycles. The van der Waals surface area contributed by atoms with Crippen molar-refractivity contribution >= 4 is 35.2 Å². The van der Waals surface area contributed by atoms with Crippen LogP contribution < -0.4 is 9.64 Å². The molecule has 2 unspecified atom stereocenters. The second-order valence-corrected chi connectivity index (χ2v) is 14.0. The Kier molecular flexibility index (Phi) is 8.48. The van der Waals surface area contributed by atoms with Gasteiger partial charge in [0.1, 0.15) is 11.8 Å². The number of nitrogens with zero attached hydrogens (tertiary/aromatic N) is 3. The van der Waals surface area contributed by atoms with Crippen LogP contribution in [0, 0.1) is 11.8 Å². The van der Waals surface area contributed by atoms with Crippen molar-refractivity contribution < 1.29 is 24.2 Å². The number of hydrogen-bond donors (Lipinski definition) is 1. The van der Waals surface area contributed by atoms with Gasteiger partial charge in [-0.1, -0.05) is 12.2 Å². The van der Waals surface area contributed by atoms with E-state index in [-0.39, 0.29) is 37.4 Å². The second kappa shape index (κ2) is 11.2. The zero-order valence-electron chi connectivity index (χ0n) is 24.4. The fourth-order valence-corrected chi connectivity index (χ4v) is 9.25. The van der Waals surface area contributed by atoms with Crippen LogP contribution in [0.25, 0.3) is 0 Å². The molecule has 218 valence electrons. The molecule has 40 heavy (non-hydrogen) atoms. The molecular formula is C31H43N3O5S. The van der Waals surface area contributed by atoms with Gasteiger partial charge in [0.25, 0.3) is 0 Å². The van der Waals surface area contributed by atoms with E-state index in [1.807, 2.05) is 52.0 Å². The van der Waals surface area contributed by atoms with E-state index in [1.165, 1.54) is 0 Å². The lowest BCUT2D eigenvalue weighted by molar-refractivity contribution is -0.145. The van der Waals surface area contributed by atoms with Crippen molar-refractivity contribution in [2.24, 2.45) is 11.8 Å². The number of hydrogen-bond acceptors (Lipinski definition) is 6. The molecule has 4 rings (SSSR count). The van der Waals surface area contributed by atoms with E-state index in [0.717, 1.165) is 6.42 Å².